The molecule has 1 aromatic heterocycles. The van der Waals surface area contributed by atoms with Gasteiger partial charge in [-0.3, -0.25) is 4.68 Å². The van der Waals surface area contributed by atoms with Crippen LogP contribution >= 0.6 is 28.1 Å². The molecule has 2 aromatic carbocycles. The number of rotatable bonds is 4. The molecule has 0 fully saturated rings. The van der Waals surface area contributed by atoms with Gasteiger partial charge in [0, 0.05) is 11.9 Å². The summed E-state index contributed by atoms with van der Waals surface area (Å²) in [6, 6.07) is 12.1. The van der Waals surface area contributed by atoms with Crippen LogP contribution in [-0.2, 0) is 6.54 Å². The number of halogens is 3. The Hall–Kier alpha value is -2.32. The molecule has 0 aliphatic rings. The highest BCUT2D eigenvalue weighted by Crippen LogP contribution is 2.21. The van der Waals surface area contributed by atoms with Crippen molar-refractivity contribution in [1.82, 2.24) is 9.78 Å². The third-order valence-electron chi connectivity index (χ3n) is 3.31. The molecule has 3 rings (SSSR count). The number of nitrogens with zero attached hydrogens (tertiary/aromatic N) is 2. The fraction of sp³-hybridized carbons (Fsp3) is 0.0588. The van der Waals surface area contributed by atoms with Crippen molar-refractivity contribution in [3.05, 3.63) is 76.4 Å². The lowest BCUT2D eigenvalue weighted by atomic mass is 10.2. The molecule has 0 aliphatic carbocycles. The highest BCUT2D eigenvalue weighted by molar-refractivity contribution is 9.10. The molecule has 25 heavy (non-hydrogen) atoms. The first-order valence-electron chi connectivity index (χ1n) is 7.30. The van der Waals surface area contributed by atoms with E-state index in [1.807, 2.05) is 0 Å². The van der Waals surface area contributed by atoms with E-state index in [2.05, 4.69) is 31.7 Å². The van der Waals surface area contributed by atoms with Crippen LogP contribution in [-0.4, -0.2) is 14.9 Å². The van der Waals surface area contributed by atoms with Gasteiger partial charge in [-0.2, -0.15) is 5.10 Å². The molecule has 0 radical (unpaired) electrons. The van der Waals surface area contributed by atoms with E-state index >= 15 is 0 Å². The van der Waals surface area contributed by atoms with Crippen LogP contribution in [0.15, 0.2) is 59.2 Å². The molecule has 0 unspecified atom stereocenters. The predicted octanol–water partition coefficient (Wildman–Crippen LogP) is 4.78. The molecule has 0 amide bonds. The monoisotopic (exact) mass is 422 g/mol. The Morgan fingerprint density at radius 3 is 2.24 bits per heavy atom. The van der Waals surface area contributed by atoms with E-state index in [1.54, 1.807) is 35.1 Å². The number of hydrogen-bond acceptors (Lipinski definition) is 2. The largest absolute Gasteiger partial charge is 0.332 e. The molecular formula is C17H13BrF2N4S. The summed E-state index contributed by atoms with van der Waals surface area (Å²) >= 11 is 8.66. The second-order valence-electron chi connectivity index (χ2n) is 5.24. The van der Waals surface area contributed by atoms with Crippen LogP contribution in [0.3, 0.4) is 0 Å². The van der Waals surface area contributed by atoms with Gasteiger partial charge in [-0.1, -0.05) is 12.1 Å². The van der Waals surface area contributed by atoms with Crippen molar-refractivity contribution >= 4 is 44.8 Å². The standard InChI is InChI=1S/C17H13BrF2N4S/c18-15-10-24(9-11-1-3-12(19)4-2-11)23-16(15)22-17(25)21-14-7-5-13(20)6-8-14/h1-8,10H,9H2,(H2,21,22,23,25). The molecule has 1 heterocycles. The van der Waals surface area contributed by atoms with Gasteiger partial charge in [0.1, 0.15) is 11.6 Å². The molecule has 0 aliphatic heterocycles. The third-order valence-corrected chi connectivity index (χ3v) is 4.09. The first-order valence-corrected chi connectivity index (χ1v) is 8.51. The Kier molecular flexibility index (Phi) is 5.40. The summed E-state index contributed by atoms with van der Waals surface area (Å²) in [5.41, 5.74) is 1.59. The summed E-state index contributed by atoms with van der Waals surface area (Å²) in [7, 11) is 0. The average Bonchev–Trinajstić information content (AvgIpc) is 2.91. The zero-order valence-electron chi connectivity index (χ0n) is 12.8. The fourth-order valence-electron chi connectivity index (χ4n) is 2.14. The van der Waals surface area contributed by atoms with Crippen LogP contribution < -0.4 is 10.6 Å². The van der Waals surface area contributed by atoms with Crippen molar-refractivity contribution in [1.29, 1.82) is 0 Å². The maximum atomic E-state index is 13.0. The van der Waals surface area contributed by atoms with Gasteiger partial charge in [0.2, 0.25) is 0 Å². The van der Waals surface area contributed by atoms with Gasteiger partial charge in [-0.05, 0) is 70.1 Å². The highest BCUT2D eigenvalue weighted by Gasteiger charge is 2.09. The fourth-order valence-corrected chi connectivity index (χ4v) is 2.77. The number of aromatic nitrogens is 2. The van der Waals surface area contributed by atoms with Crippen LogP contribution in [0.5, 0.6) is 0 Å². The summed E-state index contributed by atoms with van der Waals surface area (Å²) in [5, 5.41) is 10.7. The minimum atomic E-state index is -0.313. The maximum absolute atomic E-state index is 13.0. The Balaban J connectivity index is 1.64. The first-order chi connectivity index (χ1) is 12.0. The second-order valence-corrected chi connectivity index (χ2v) is 6.50. The topological polar surface area (TPSA) is 41.9 Å². The van der Waals surface area contributed by atoms with Crippen molar-refractivity contribution in [3.63, 3.8) is 0 Å². The van der Waals surface area contributed by atoms with E-state index < -0.39 is 0 Å². The number of hydrogen-bond donors (Lipinski definition) is 2. The smallest absolute Gasteiger partial charge is 0.176 e. The lowest BCUT2D eigenvalue weighted by molar-refractivity contribution is 0.624. The van der Waals surface area contributed by atoms with Gasteiger partial charge in [-0.15, -0.1) is 0 Å². The van der Waals surface area contributed by atoms with Crippen molar-refractivity contribution in [2.75, 3.05) is 10.6 Å². The van der Waals surface area contributed by atoms with Crippen molar-refractivity contribution in [2.24, 2.45) is 0 Å². The van der Waals surface area contributed by atoms with Crippen molar-refractivity contribution in [2.45, 2.75) is 6.54 Å². The highest BCUT2D eigenvalue weighted by atomic mass is 79.9. The lowest BCUT2D eigenvalue weighted by Gasteiger charge is -2.09. The molecule has 2 N–H and O–H groups in total. The van der Waals surface area contributed by atoms with E-state index in [1.165, 1.54) is 24.3 Å². The van der Waals surface area contributed by atoms with Crippen LogP contribution in [0.25, 0.3) is 0 Å². The van der Waals surface area contributed by atoms with Gasteiger partial charge in [-0.25, -0.2) is 8.78 Å². The summed E-state index contributed by atoms with van der Waals surface area (Å²) in [4.78, 5) is 0. The first kappa shape index (κ1) is 17.5. The molecule has 0 spiro atoms. The van der Waals surface area contributed by atoms with Gasteiger partial charge >= 0.3 is 0 Å². The zero-order chi connectivity index (χ0) is 17.8. The van der Waals surface area contributed by atoms with E-state index in [0.29, 0.717) is 23.2 Å². The SMILES string of the molecule is Fc1ccc(Cn2cc(Br)c(NC(=S)Nc3ccc(F)cc3)n2)cc1. The van der Waals surface area contributed by atoms with Crippen LogP contribution in [0.1, 0.15) is 5.56 Å². The molecule has 4 nitrogen and oxygen atoms in total. The van der Waals surface area contributed by atoms with Crippen molar-refractivity contribution in [3.8, 4) is 0 Å². The van der Waals surface area contributed by atoms with Crippen molar-refractivity contribution < 1.29 is 8.78 Å². The molecular weight excluding hydrogens is 410 g/mol. The zero-order valence-corrected chi connectivity index (χ0v) is 15.2. The predicted molar refractivity (Wildman–Crippen MR) is 102 cm³/mol. The molecule has 8 heteroatoms. The van der Waals surface area contributed by atoms with Crippen LogP contribution in [0.2, 0.25) is 0 Å². The third kappa shape index (κ3) is 4.83. The Bertz CT molecular complexity index is 879. The van der Waals surface area contributed by atoms with E-state index in [-0.39, 0.29) is 11.6 Å². The summed E-state index contributed by atoms with van der Waals surface area (Å²) in [6.07, 6.45) is 1.80. The lowest BCUT2D eigenvalue weighted by Crippen LogP contribution is -2.19. The average molecular weight is 423 g/mol. The van der Waals surface area contributed by atoms with E-state index in [0.717, 1.165) is 10.0 Å². The Morgan fingerprint density at radius 1 is 1.00 bits per heavy atom. The number of benzene rings is 2. The molecule has 0 saturated heterocycles. The molecule has 0 saturated carbocycles. The molecule has 128 valence electrons. The maximum Gasteiger partial charge on any atom is 0.176 e. The van der Waals surface area contributed by atoms with E-state index in [9.17, 15) is 8.78 Å². The normalized spacial score (nSPS) is 10.5. The van der Waals surface area contributed by atoms with Gasteiger partial charge < -0.3 is 10.6 Å². The minimum absolute atomic E-state index is 0.273. The summed E-state index contributed by atoms with van der Waals surface area (Å²) in [5.74, 6) is -0.0431. The van der Waals surface area contributed by atoms with Crippen LogP contribution in [0, 0.1) is 11.6 Å². The number of nitrogens with one attached hydrogen (secondary N) is 2. The quantitative estimate of drug-likeness (QED) is 0.593. The summed E-state index contributed by atoms with van der Waals surface area (Å²) in [6.45, 7) is 0.499. The molecule has 0 atom stereocenters. The minimum Gasteiger partial charge on any atom is -0.332 e. The molecule has 3 aromatic rings. The van der Waals surface area contributed by atoms with Crippen LogP contribution in [0.4, 0.5) is 20.3 Å². The second kappa shape index (κ2) is 7.71. The van der Waals surface area contributed by atoms with Gasteiger partial charge in [0.05, 0.1) is 11.0 Å². The Morgan fingerprint density at radius 2 is 1.60 bits per heavy atom. The van der Waals surface area contributed by atoms with Gasteiger partial charge in [0.25, 0.3) is 0 Å². The van der Waals surface area contributed by atoms with Gasteiger partial charge in [0.15, 0.2) is 10.9 Å². The van der Waals surface area contributed by atoms with E-state index in [4.69, 9.17) is 12.2 Å². The number of thiocarbonyl (C=S) groups is 1. The summed E-state index contributed by atoms with van der Waals surface area (Å²) < 4.78 is 28.3. The number of anilines is 2. The molecule has 0 bridgehead atoms. The Labute approximate surface area is 157 Å².